The van der Waals surface area contributed by atoms with Crippen LogP contribution in [0.3, 0.4) is 0 Å². The molecule has 0 unspecified atom stereocenters. The summed E-state index contributed by atoms with van der Waals surface area (Å²) in [7, 11) is 0. The molecule has 0 bridgehead atoms. The zero-order valence-corrected chi connectivity index (χ0v) is 14.2. The third kappa shape index (κ3) is 3.28. The number of carbonyl (C=O) groups is 1. The lowest BCUT2D eigenvalue weighted by Crippen LogP contribution is -2.20. The van der Waals surface area contributed by atoms with Crippen LogP contribution in [0.5, 0.6) is 5.75 Å². The number of nitrogens with one attached hydrogen (secondary N) is 1. The number of anilines is 1. The van der Waals surface area contributed by atoms with Gasteiger partial charge in [0.2, 0.25) is 5.13 Å². The number of rotatable bonds is 4. The minimum Gasteiger partial charge on any atom is -0.484 e. The minimum absolute atomic E-state index is 0.181. The molecule has 2 heterocycles. The molecule has 24 heavy (non-hydrogen) atoms. The molecule has 3 rings (SSSR count). The predicted octanol–water partition coefficient (Wildman–Crippen LogP) is 2.59. The quantitative estimate of drug-likeness (QED) is 0.730. The van der Waals surface area contributed by atoms with Crippen molar-refractivity contribution in [2.24, 2.45) is 0 Å². The number of aromatic nitrogens is 2. The van der Waals surface area contributed by atoms with Gasteiger partial charge in [-0.1, -0.05) is 11.3 Å². The lowest BCUT2D eigenvalue weighted by Gasteiger charge is -2.08. The van der Waals surface area contributed by atoms with E-state index < -0.39 is 0 Å². The lowest BCUT2D eigenvalue weighted by molar-refractivity contribution is -0.118. The number of nitrogens with zero attached hydrogens (tertiary/aromatic N) is 2. The van der Waals surface area contributed by atoms with E-state index in [0.29, 0.717) is 22.0 Å². The summed E-state index contributed by atoms with van der Waals surface area (Å²) in [4.78, 5) is 23.6. The number of hydrogen-bond acceptors (Lipinski definition) is 7. The third-order valence-electron chi connectivity index (χ3n) is 3.57. The van der Waals surface area contributed by atoms with Crippen molar-refractivity contribution in [3.8, 4) is 5.75 Å². The van der Waals surface area contributed by atoms with Gasteiger partial charge < -0.3 is 9.15 Å². The van der Waals surface area contributed by atoms with Crippen molar-refractivity contribution < 1.29 is 13.9 Å². The van der Waals surface area contributed by atoms with E-state index in [4.69, 9.17) is 9.15 Å². The Bertz CT molecular complexity index is 977. The van der Waals surface area contributed by atoms with Gasteiger partial charge in [0.1, 0.15) is 16.3 Å². The van der Waals surface area contributed by atoms with Crippen molar-refractivity contribution >= 4 is 33.3 Å². The summed E-state index contributed by atoms with van der Waals surface area (Å²) in [6.45, 7) is 5.22. The smallest absolute Gasteiger partial charge is 0.339 e. The topological polar surface area (TPSA) is 94.3 Å². The zero-order valence-electron chi connectivity index (χ0n) is 13.4. The van der Waals surface area contributed by atoms with E-state index in [1.807, 2.05) is 13.0 Å². The Labute approximate surface area is 141 Å². The SMILES string of the molecule is Cc1nnc(NC(=O)COc2ccc3c(C)c(C)c(=O)oc3c2)s1. The van der Waals surface area contributed by atoms with Crippen LogP contribution in [0.25, 0.3) is 11.0 Å². The van der Waals surface area contributed by atoms with E-state index in [2.05, 4.69) is 15.5 Å². The van der Waals surface area contributed by atoms with Crippen molar-refractivity contribution in [1.29, 1.82) is 0 Å². The Morgan fingerprint density at radius 3 is 2.75 bits per heavy atom. The molecule has 2 aromatic heterocycles. The summed E-state index contributed by atoms with van der Waals surface area (Å²) in [5.41, 5.74) is 1.52. The number of benzene rings is 1. The van der Waals surface area contributed by atoms with Gasteiger partial charge in [-0.25, -0.2) is 4.79 Å². The second kappa shape index (κ2) is 6.40. The minimum atomic E-state index is -0.374. The first kappa shape index (κ1) is 16.1. The van der Waals surface area contributed by atoms with Crippen LogP contribution in [0, 0.1) is 20.8 Å². The summed E-state index contributed by atoms with van der Waals surface area (Å²) in [5, 5.41) is 12.3. The second-order valence-electron chi connectivity index (χ2n) is 5.26. The molecule has 0 atom stereocenters. The van der Waals surface area contributed by atoms with Gasteiger partial charge in [-0.15, -0.1) is 10.2 Å². The first-order valence-corrected chi connectivity index (χ1v) is 8.02. The van der Waals surface area contributed by atoms with Crippen LogP contribution in [0.15, 0.2) is 27.4 Å². The second-order valence-corrected chi connectivity index (χ2v) is 6.44. The summed E-state index contributed by atoms with van der Waals surface area (Å²) in [5.74, 6) is 0.102. The maximum absolute atomic E-state index is 11.8. The molecule has 0 aliphatic heterocycles. The van der Waals surface area contributed by atoms with E-state index in [1.165, 1.54) is 11.3 Å². The van der Waals surface area contributed by atoms with E-state index in [9.17, 15) is 9.59 Å². The van der Waals surface area contributed by atoms with Crippen molar-refractivity contribution in [3.63, 3.8) is 0 Å². The van der Waals surface area contributed by atoms with E-state index >= 15 is 0 Å². The number of fused-ring (bicyclic) bond motifs is 1. The molecule has 1 amide bonds. The maximum atomic E-state index is 11.8. The highest BCUT2D eigenvalue weighted by Crippen LogP contribution is 2.24. The number of ether oxygens (including phenoxy) is 1. The van der Waals surface area contributed by atoms with Gasteiger partial charge in [0.05, 0.1) is 0 Å². The van der Waals surface area contributed by atoms with Gasteiger partial charge in [0.15, 0.2) is 6.61 Å². The van der Waals surface area contributed by atoms with Gasteiger partial charge in [0, 0.05) is 17.0 Å². The summed E-state index contributed by atoms with van der Waals surface area (Å²) in [6.07, 6.45) is 0. The predicted molar refractivity (Wildman–Crippen MR) is 90.7 cm³/mol. The van der Waals surface area contributed by atoms with Gasteiger partial charge in [0.25, 0.3) is 5.91 Å². The van der Waals surface area contributed by atoms with Crippen LogP contribution >= 0.6 is 11.3 Å². The van der Waals surface area contributed by atoms with Crippen LogP contribution < -0.4 is 15.7 Å². The highest BCUT2D eigenvalue weighted by Gasteiger charge is 2.10. The number of amides is 1. The molecule has 124 valence electrons. The molecule has 0 saturated heterocycles. The first-order valence-electron chi connectivity index (χ1n) is 7.21. The largest absolute Gasteiger partial charge is 0.484 e. The van der Waals surface area contributed by atoms with Gasteiger partial charge in [-0.3, -0.25) is 10.1 Å². The zero-order chi connectivity index (χ0) is 17.3. The van der Waals surface area contributed by atoms with Gasteiger partial charge >= 0.3 is 5.63 Å². The van der Waals surface area contributed by atoms with Crippen molar-refractivity contribution in [3.05, 3.63) is 44.8 Å². The molecular weight excluding hydrogens is 330 g/mol. The average molecular weight is 345 g/mol. The molecule has 0 spiro atoms. The summed E-state index contributed by atoms with van der Waals surface area (Å²) >= 11 is 1.28. The Balaban J connectivity index is 1.72. The summed E-state index contributed by atoms with van der Waals surface area (Å²) in [6, 6.07) is 5.14. The Hall–Kier alpha value is -2.74. The normalized spacial score (nSPS) is 10.8. The van der Waals surface area contributed by atoms with Crippen LogP contribution in [0.2, 0.25) is 0 Å². The van der Waals surface area contributed by atoms with Crippen LogP contribution in [0.4, 0.5) is 5.13 Å². The average Bonchev–Trinajstić information content (AvgIpc) is 2.95. The Morgan fingerprint density at radius 2 is 2.04 bits per heavy atom. The fourth-order valence-electron chi connectivity index (χ4n) is 2.17. The monoisotopic (exact) mass is 345 g/mol. The Kier molecular flexibility index (Phi) is 4.30. The van der Waals surface area contributed by atoms with Crippen molar-refractivity contribution in [2.75, 3.05) is 11.9 Å². The molecule has 0 fully saturated rings. The van der Waals surface area contributed by atoms with E-state index in [0.717, 1.165) is 16.0 Å². The fourth-order valence-corrected chi connectivity index (χ4v) is 2.78. The van der Waals surface area contributed by atoms with Crippen LogP contribution in [-0.4, -0.2) is 22.7 Å². The number of aryl methyl sites for hydroxylation is 2. The molecule has 1 N–H and O–H groups in total. The molecule has 7 nitrogen and oxygen atoms in total. The Morgan fingerprint density at radius 1 is 1.25 bits per heavy atom. The lowest BCUT2D eigenvalue weighted by atomic mass is 10.1. The van der Waals surface area contributed by atoms with Crippen LogP contribution in [-0.2, 0) is 4.79 Å². The molecule has 0 aliphatic rings. The highest BCUT2D eigenvalue weighted by atomic mass is 32.1. The number of carbonyl (C=O) groups excluding carboxylic acids is 1. The third-order valence-corrected chi connectivity index (χ3v) is 4.32. The van der Waals surface area contributed by atoms with E-state index in [1.54, 1.807) is 26.0 Å². The molecular formula is C16H15N3O4S. The van der Waals surface area contributed by atoms with E-state index in [-0.39, 0.29) is 18.1 Å². The highest BCUT2D eigenvalue weighted by molar-refractivity contribution is 7.15. The first-order chi connectivity index (χ1) is 11.4. The summed E-state index contributed by atoms with van der Waals surface area (Å²) < 4.78 is 10.7. The molecule has 1 aromatic carbocycles. The van der Waals surface area contributed by atoms with Crippen molar-refractivity contribution in [2.45, 2.75) is 20.8 Å². The van der Waals surface area contributed by atoms with Crippen LogP contribution in [0.1, 0.15) is 16.1 Å². The molecule has 3 aromatic rings. The maximum Gasteiger partial charge on any atom is 0.339 e. The van der Waals surface area contributed by atoms with Gasteiger partial charge in [-0.2, -0.15) is 0 Å². The van der Waals surface area contributed by atoms with Gasteiger partial charge in [-0.05, 0) is 38.5 Å². The van der Waals surface area contributed by atoms with Crippen molar-refractivity contribution in [1.82, 2.24) is 10.2 Å². The standard InChI is InChI=1S/C16H15N3O4S/c1-8-9(2)15(21)23-13-6-11(4-5-12(8)13)22-7-14(20)17-16-19-18-10(3)24-16/h4-6H,7H2,1-3H3,(H,17,19,20). The molecule has 8 heteroatoms. The molecule has 0 saturated carbocycles. The fraction of sp³-hybridized carbons (Fsp3) is 0.250. The molecule has 0 radical (unpaired) electrons. The number of hydrogen-bond donors (Lipinski definition) is 1. The molecule has 0 aliphatic carbocycles.